The van der Waals surface area contributed by atoms with Gasteiger partial charge < -0.3 is 25.0 Å². The lowest BCUT2D eigenvalue weighted by Crippen LogP contribution is -2.56. The van der Waals surface area contributed by atoms with Crippen LogP contribution in [0.15, 0.2) is 48.5 Å². The average molecular weight is 466 g/mol. The number of rotatable bonds is 7. The maximum absolute atomic E-state index is 13.5. The van der Waals surface area contributed by atoms with E-state index < -0.39 is 11.6 Å². The lowest BCUT2D eigenvalue weighted by molar-refractivity contribution is -0.142. The Hall–Kier alpha value is -2.35. The number of amides is 1. The Bertz CT molecular complexity index is 914. The molecule has 0 aromatic heterocycles. The Morgan fingerprint density at radius 1 is 1.31 bits per heavy atom. The molecule has 2 aromatic carbocycles. The second-order valence-corrected chi connectivity index (χ2v) is 8.53. The van der Waals surface area contributed by atoms with Gasteiger partial charge in [-0.15, -0.1) is 12.4 Å². The van der Waals surface area contributed by atoms with Crippen molar-refractivity contribution in [1.29, 1.82) is 0 Å². The van der Waals surface area contributed by atoms with E-state index in [1.54, 1.807) is 31.1 Å². The summed E-state index contributed by atoms with van der Waals surface area (Å²) in [7, 11) is 5.52. The molecule has 2 aromatic rings. The number of methoxy groups -OCH3 is 1. The molecule has 0 radical (unpaired) electrons. The summed E-state index contributed by atoms with van der Waals surface area (Å²) in [5.74, 6) is 0.104. The second-order valence-electron chi connectivity index (χ2n) is 8.53. The third-order valence-corrected chi connectivity index (χ3v) is 5.92. The summed E-state index contributed by atoms with van der Waals surface area (Å²) < 4.78 is 18.8. The summed E-state index contributed by atoms with van der Waals surface area (Å²) in [6.07, 6.45) is 0.428. The van der Waals surface area contributed by atoms with E-state index in [1.807, 2.05) is 43.3 Å². The molecule has 1 amide bonds. The molecule has 0 spiro atoms. The Balaban J connectivity index is 0.00000363. The van der Waals surface area contributed by atoms with Crippen molar-refractivity contribution in [1.82, 2.24) is 9.80 Å². The topological polar surface area (TPSA) is 65.0 Å². The van der Waals surface area contributed by atoms with Crippen LogP contribution in [0.25, 0.3) is 0 Å². The molecule has 3 atom stereocenters. The van der Waals surface area contributed by atoms with Crippen molar-refractivity contribution in [2.75, 3.05) is 46.2 Å². The van der Waals surface area contributed by atoms with E-state index in [0.29, 0.717) is 37.5 Å². The predicted molar refractivity (Wildman–Crippen MR) is 127 cm³/mol. The van der Waals surface area contributed by atoms with Gasteiger partial charge in [0, 0.05) is 31.2 Å². The molecule has 3 rings (SSSR count). The fourth-order valence-electron chi connectivity index (χ4n) is 4.30. The molecule has 0 saturated carbocycles. The number of benzene rings is 2. The number of ether oxygens (including phenoxy) is 1. The van der Waals surface area contributed by atoms with Crippen LogP contribution in [0.2, 0.25) is 0 Å². The van der Waals surface area contributed by atoms with Gasteiger partial charge in [0.25, 0.3) is 0 Å². The van der Waals surface area contributed by atoms with E-state index in [2.05, 4.69) is 5.32 Å². The first-order valence-electron chi connectivity index (χ1n) is 10.6. The minimum atomic E-state index is -1.06. The summed E-state index contributed by atoms with van der Waals surface area (Å²) in [4.78, 5) is 16.9. The summed E-state index contributed by atoms with van der Waals surface area (Å²) in [5, 5.41) is 14.8. The molecule has 2 N–H and O–H groups in total. The first-order valence-corrected chi connectivity index (χ1v) is 10.6. The SMILES string of the molecule is COc1cccc([C@]2(O)CCN(C(=O)C(C)Nc3cccc(F)c3)C[C@H]2CN(C)C)c1.Cl. The van der Waals surface area contributed by atoms with Crippen LogP contribution < -0.4 is 10.1 Å². The highest BCUT2D eigenvalue weighted by Gasteiger charge is 2.44. The van der Waals surface area contributed by atoms with Crippen molar-refractivity contribution < 1.29 is 19.0 Å². The van der Waals surface area contributed by atoms with Gasteiger partial charge in [0.15, 0.2) is 0 Å². The van der Waals surface area contributed by atoms with Crippen molar-refractivity contribution in [2.24, 2.45) is 5.92 Å². The number of nitrogens with zero attached hydrogens (tertiary/aromatic N) is 2. The highest BCUT2D eigenvalue weighted by Crippen LogP contribution is 2.39. The highest BCUT2D eigenvalue weighted by atomic mass is 35.5. The van der Waals surface area contributed by atoms with Crippen LogP contribution >= 0.6 is 12.4 Å². The smallest absolute Gasteiger partial charge is 0.244 e. The molecule has 0 aliphatic carbocycles. The van der Waals surface area contributed by atoms with E-state index >= 15 is 0 Å². The third kappa shape index (κ3) is 5.91. The van der Waals surface area contributed by atoms with Crippen molar-refractivity contribution >= 4 is 24.0 Å². The van der Waals surface area contributed by atoms with E-state index in [-0.39, 0.29) is 30.0 Å². The van der Waals surface area contributed by atoms with Crippen LogP contribution in [0, 0.1) is 11.7 Å². The van der Waals surface area contributed by atoms with Crippen LogP contribution in [0.3, 0.4) is 0 Å². The third-order valence-electron chi connectivity index (χ3n) is 5.92. The predicted octanol–water partition coefficient (Wildman–Crippen LogP) is 3.35. The second kappa shape index (κ2) is 11.0. The van der Waals surface area contributed by atoms with Crippen molar-refractivity contribution in [3.05, 3.63) is 59.9 Å². The van der Waals surface area contributed by atoms with E-state index in [9.17, 15) is 14.3 Å². The quantitative estimate of drug-likeness (QED) is 0.656. The average Bonchev–Trinajstić information content (AvgIpc) is 2.74. The molecule has 6 nitrogen and oxygen atoms in total. The molecule has 1 aliphatic rings. The number of likely N-dealkylation sites (tertiary alicyclic amines) is 1. The van der Waals surface area contributed by atoms with Crippen LogP contribution in [0.4, 0.5) is 10.1 Å². The molecular formula is C24H33ClFN3O3. The zero-order valence-electron chi connectivity index (χ0n) is 19.0. The van der Waals surface area contributed by atoms with Crippen LogP contribution in [0.1, 0.15) is 18.9 Å². The largest absolute Gasteiger partial charge is 0.497 e. The molecule has 1 aliphatic heterocycles. The van der Waals surface area contributed by atoms with Gasteiger partial charge in [-0.1, -0.05) is 18.2 Å². The van der Waals surface area contributed by atoms with Gasteiger partial charge in [-0.25, -0.2) is 4.39 Å². The zero-order valence-corrected chi connectivity index (χ0v) is 19.9. The summed E-state index contributed by atoms with van der Waals surface area (Å²) in [6, 6.07) is 13.1. The van der Waals surface area contributed by atoms with Gasteiger partial charge in [0.2, 0.25) is 5.91 Å². The Labute approximate surface area is 195 Å². The molecule has 1 unspecified atom stereocenters. The Morgan fingerprint density at radius 2 is 2.03 bits per heavy atom. The monoisotopic (exact) mass is 465 g/mol. The van der Waals surface area contributed by atoms with Crippen LogP contribution in [-0.4, -0.2) is 67.7 Å². The van der Waals surface area contributed by atoms with Crippen molar-refractivity contribution in [2.45, 2.75) is 25.0 Å². The summed E-state index contributed by atoms with van der Waals surface area (Å²) in [6.45, 7) is 3.27. The first kappa shape index (κ1) is 25.9. The maximum atomic E-state index is 13.5. The van der Waals surface area contributed by atoms with Gasteiger partial charge in [-0.05, 0) is 63.3 Å². The fraction of sp³-hybridized carbons (Fsp3) is 0.458. The maximum Gasteiger partial charge on any atom is 0.244 e. The number of piperidine rings is 1. The number of hydrogen-bond acceptors (Lipinski definition) is 5. The van der Waals surface area contributed by atoms with Crippen molar-refractivity contribution in [3.63, 3.8) is 0 Å². The fourth-order valence-corrected chi connectivity index (χ4v) is 4.30. The number of hydrogen-bond donors (Lipinski definition) is 2. The number of nitrogens with one attached hydrogen (secondary N) is 1. The van der Waals surface area contributed by atoms with Gasteiger partial charge in [-0.3, -0.25) is 4.79 Å². The molecule has 1 heterocycles. The molecule has 0 bridgehead atoms. The molecule has 176 valence electrons. The molecule has 1 saturated heterocycles. The van der Waals surface area contributed by atoms with Crippen molar-refractivity contribution in [3.8, 4) is 5.75 Å². The number of anilines is 1. The number of carbonyl (C=O) groups is 1. The van der Waals surface area contributed by atoms with Gasteiger partial charge in [0.05, 0.1) is 12.7 Å². The van der Waals surface area contributed by atoms with E-state index in [0.717, 1.165) is 5.56 Å². The molecule has 32 heavy (non-hydrogen) atoms. The van der Waals surface area contributed by atoms with Gasteiger partial charge in [-0.2, -0.15) is 0 Å². The van der Waals surface area contributed by atoms with Gasteiger partial charge >= 0.3 is 0 Å². The Morgan fingerprint density at radius 3 is 2.69 bits per heavy atom. The Kier molecular flexibility index (Phi) is 8.89. The van der Waals surface area contributed by atoms with Crippen LogP contribution in [0.5, 0.6) is 5.75 Å². The summed E-state index contributed by atoms with van der Waals surface area (Å²) in [5.41, 5.74) is 0.307. The minimum Gasteiger partial charge on any atom is -0.497 e. The van der Waals surface area contributed by atoms with Crippen LogP contribution in [-0.2, 0) is 10.4 Å². The normalized spacial score (nSPS) is 21.6. The lowest BCUT2D eigenvalue weighted by Gasteiger charge is -2.46. The lowest BCUT2D eigenvalue weighted by atomic mass is 9.75. The van der Waals surface area contributed by atoms with E-state index in [4.69, 9.17) is 4.74 Å². The van der Waals surface area contributed by atoms with Gasteiger partial charge in [0.1, 0.15) is 17.6 Å². The zero-order chi connectivity index (χ0) is 22.6. The number of halogens is 2. The molecule has 8 heteroatoms. The highest BCUT2D eigenvalue weighted by molar-refractivity contribution is 5.85. The first-order chi connectivity index (χ1) is 14.7. The molecular weight excluding hydrogens is 433 g/mol. The number of aliphatic hydroxyl groups is 1. The molecule has 1 fully saturated rings. The minimum absolute atomic E-state index is 0. The standard InChI is InChI=1S/C24H32FN3O3.ClH/c1-17(26-21-9-6-8-20(25)14-21)23(29)28-12-11-24(30,19(16-28)15-27(2)3)18-7-5-10-22(13-18)31-4;/h5-10,13-14,17,19,26,30H,11-12,15-16H2,1-4H3;1H/t17?,19-,24-;/m1./s1. The summed E-state index contributed by atoms with van der Waals surface area (Å²) >= 11 is 0. The van der Waals surface area contributed by atoms with E-state index in [1.165, 1.54) is 12.1 Å². The number of carbonyl (C=O) groups excluding carboxylic acids is 1.